The Bertz CT molecular complexity index is 149. The Labute approximate surface area is 65.4 Å². The number of rotatable bonds is 2. The summed E-state index contributed by atoms with van der Waals surface area (Å²) in [4.78, 5) is 12.4. The van der Waals surface area contributed by atoms with Gasteiger partial charge in [-0.1, -0.05) is 0 Å². The Kier molecular flexibility index (Phi) is 2.84. The highest BCUT2D eigenvalue weighted by molar-refractivity contribution is 5.77. The lowest BCUT2D eigenvalue weighted by atomic mass is 10.2. The number of amides is 1. The molecule has 0 aromatic rings. The van der Waals surface area contributed by atoms with Crippen LogP contribution in [0.15, 0.2) is 0 Å². The smallest absolute Gasteiger partial charge is 0.248 e. The van der Waals surface area contributed by atoms with Crippen LogP contribution < -0.4 is 0 Å². The van der Waals surface area contributed by atoms with Crippen molar-refractivity contribution in [3.8, 4) is 0 Å². The number of hydrogen-bond donors (Lipinski definition) is 1. The number of likely N-dealkylation sites (tertiary alicyclic amines) is 1. The molecule has 1 unspecified atom stereocenters. The fraction of sp³-hybridized carbons (Fsp3) is 0.857. The van der Waals surface area contributed by atoms with Crippen molar-refractivity contribution in [1.29, 1.82) is 0 Å². The Balaban J connectivity index is 2.49. The first-order valence-electron chi connectivity index (χ1n) is 3.78. The highest BCUT2D eigenvalue weighted by Gasteiger charge is 2.27. The number of nitrogens with zero attached hydrogens (tertiary/aromatic N) is 1. The first-order chi connectivity index (χ1) is 5.29. The van der Waals surface area contributed by atoms with Crippen LogP contribution in [0, 0.1) is 0 Å². The zero-order valence-electron chi connectivity index (χ0n) is 6.32. The summed E-state index contributed by atoms with van der Waals surface area (Å²) in [5.74, 6) is -0.316. The highest BCUT2D eigenvalue weighted by Crippen LogP contribution is 2.16. The van der Waals surface area contributed by atoms with Gasteiger partial charge in [0.2, 0.25) is 5.91 Å². The van der Waals surface area contributed by atoms with E-state index in [0.29, 0.717) is 6.54 Å². The van der Waals surface area contributed by atoms with E-state index < -0.39 is 6.61 Å². The summed E-state index contributed by atoms with van der Waals surface area (Å²) in [6.45, 7) is -0.0888. The number of aliphatic hydroxyl groups excluding tert-OH is 1. The van der Waals surface area contributed by atoms with E-state index in [1.165, 1.54) is 4.90 Å². The predicted molar refractivity (Wildman–Crippen MR) is 37.4 cm³/mol. The van der Waals surface area contributed by atoms with Crippen LogP contribution in [0.25, 0.3) is 0 Å². The SMILES string of the molecule is [O]CC1CCCN1C(=O)CO. The van der Waals surface area contributed by atoms with Crippen LogP contribution in [0.2, 0.25) is 0 Å². The molecule has 1 aliphatic heterocycles. The molecule has 0 saturated carbocycles. The third-order valence-corrected chi connectivity index (χ3v) is 2.03. The second-order valence-corrected chi connectivity index (χ2v) is 2.71. The number of carbonyl (C=O) groups excluding carboxylic acids is 1. The lowest BCUT2D eigenvalue weighted by Gasteiger charge is -2.20. The van der Waals surface area contributed by atoms with E-state index in [1.54, 1.807) is 0 Å². The molecule has 0 aromatic carbocycles. The second-order valence-electron chi connectivity index (χ2n) is 2.71. The summed E-state index contributed by atoms with van der Waals surface area (Å²) in [6, 6.07) is -0.172. The van der Waals surface area contributed by atoms with E-state index in [-0.39, 0.29) is 18.6 Å². The molecule has 1 heterocycles. The lowest BCUT2D eigenvalue weighted by Crippen LogP contribution is -2.38. The van der Waals surface area contributed by atoms with Crippen molar-refractivity contribution in [3.63, 3.8) is 0 Å². The number of hydrogen-bond acceptors (Lipinski definition) is 2. The summed E-state index contributed by atoms with van der Waals surface area (Å²) in [6.07, 6.45) is 1.67. The molecule has 1 amide bonds. The average Bonchev–Trinajstić information content (AvgIpc) is 2.50. The van der Waals surface area contributed by atoms with Crippen LogP contribution in [0.1, 0.15) is 12.8 Å². The van der Waals surface area contributed by atoms with Gasteiger partial charge in [-0.15, -0.1) is 0 Å². The van der Waals surface area contributed by atoms with Crippen molar-refractivity contribution in [2.45, 2.75) is 18.9 Å². The van der Waals surface area contributed by atoms with Crippen LogP contribution >= 0.6 is 0 Å². The van der Waals surface area contributed by atoms with Crippen LogP contribution in [0.5, 0.6) is 0 Å². The average molecular weight is 158 g/mol. The molecule has 0 bridgehead atoms. The first-order valence-corrected chi connectivity index (χ1v) is 3.78. The molecule has 1 fully saturated rings. The third kappa shape index (κ3) is 1.70. The third-order valence-electron chi connectivity index (χ3n) is 2.03. The molecule has 4 heteroatoms. The van der Waals surface area contributed by atoms with Crippen molar-refractivity contribution in [2.75, 3.05) is 19.8 Å². The van der Waals surface area contributed by atoms with Crippen LogP contribution in [0.4, 0.5) is 0 Å². The number of carbonyl (C=O) groups is 1. The quantitative estimate of drug-likeness (QED) is 0.583. The lowest BCUT2D eigenvalue weighted by molar-refractivity contribution is -0.136. The van der Waals surface area contributed by atoms with Crippen molar-refractivity contribution in [3.05, 3.63) is 0 Å². The molecule has 0 spiro atoms. The molecular formula is C7H12NO3. The van der Waals surface area contributed by atoms with Gasteiger partial charge in [0.25, 0.3) is 0 Å². The minimum atomic E-state index is -0.476. The zero-order valence-corrected chi connectivity index (χ0v) is 6.32. The number of aliphatic hydroxyl groups is 1. The van der Waals surface area contributed by atoms with Gasteiger partial charge in [0.15, 0.2) is 0 Å². The van der Waals surface area contributed by atoms with Gasteiger partial charge in [0.05, 0.1) is 6.04 Å². The van der Waals surface area contributed by atoms with Gasteiger partial charge < -0.3 is 10.0 Å². The van der Waals surface area contributed by atoms with Gasteiger partial charge in [-0.05, 0) is 12.8 Å². The molecule has 4 nitrogen and oxygen atoms in total. The molecule has 63 valence electrons. The summed E-state index contributed by atoms with van der Waals surface area (Å²) >= 11 is 0. The molecule has 11 heavy (non-hydrogen) atoms. The monoisotopic (exact) mass is 158 g/mol. The normalized spacial score (nSPS) is 24.2. The Morgan fingerprint density at radius 2 is 2.36 bits per heavy atom. The molecule has 0 aromatic heterocycles. The van der Waals surface area contributed by atoms with E-state index in [9.17, 15) is 9.90 Å². The molecule has 1 radical (unpaired) electrons. The predicted octanol–water partition coefficient (Wildman–Crippen LogP) is -0.600. The van der Waals surface area contributed by atoms with Crippen molar-refractivity contribution >= 4 is 5.91 Å². The van der Waals surface area contributed by atoms with E-state index in [0.717, 1.165) is 12.8 Å². The largest absolute Gasteiger partial charge is 0.387 e. The van der Waals surface area contributed by atoms with E-state index >= 15 is 0 Å². The topological polar surface area (TPSA) is 60.4 Å². The minimum absolute atomic E-state index is 0.172. The maximum Gasteiger partial charge on any atom is 0.248 e. The minimum Gasteiger partial charge on any atom is -0.387 e. The van der Waals surface area contributed by atoms with E-state index in [2.05, 4.69) is 0 Å². The van der Waals surface area contributed by atoms with Crippen LogP contribution in [0.3, 0.4) is 0 Å². The first kappa shape index (κ1) is 8.49. The standard InChI is InChI=1S/C7H12NO3/c9-4-6-2-1-3-8(6)7(11)5-10/h6,10H,1-5H2. The molecule has 1 saturated heterocycles. The van der Waals surface area contributed by atoms with E-state index in [1.807, 2.05) is 0 Å². The fourth-order valence-corrected chi connectivity index (χ4v) is 1.43. The van der Waals surface area contributed by atoms with Gasteiger partial charge in [-0.25, -0.2) is 5.11 Å². The summed E-state index contributed by atoms with van der Waals surface area (Å²) < 4.78 is 0. The van der Waals surface area contributed by atoms with Gasteiger partial charge in [0.1, 0.15) is 13.2 Å². The van der Waals surface area contributed by atoms with Gasteiger partial charge >= 0.3 is 0 Å². The van der Waals surface area contributed by atoms with Crippen molar-refractivity contribution in [2.24, 2.45) is 0 Å². The molecule has 1 aliphatic rings. The fourth-order valence-electron chi connectivity index (χ4n) is 1.43. The van der Waals surface area contributed by atoms with Crippen molar-refractivity contribution < 1.29 is 15.0 Å². The molecular weight excluding hydrogens is 146 g/mol. The van der Waals surface area contributed by atoms with Crippen LogP contribution in [-0.4, -0.2) is 41.7 Å². The van der Waals surface area contributed by atoms with E-state index in [4.69, 9.17) is 5.11 Å². The maximum absolute atomic E-state index is 10.9. The Morgan fingerprint density at radius 3 is 2.91 bits per heavy atom. The molecule has 1 rings (SSSR count). The molecule has 0 aliphatic carbocycles. The van der Waals surface area contributed by atoms with Crippen molar-refractivity contribution in [1.82, 2.24) is 4.90 Å². The van der Waals surface area contributed by atoms with Crippen LogP contribution in [-0.2, 0) is 9.90 Å². The molecule has 1 N–H and O–H groups in total. The summed E-state index contributed by atoms with van der Waals surface area (Å²) in [7, 11) is 0. The van der Waals surface area contributed by atoms with Gasteiger partial charge in [0, 0.05) is 6.54 Å². The van der Waals surface area contributed by atoms with Gasteiger partial charge in [-0.3, -0.25) is 4.79 Å². The Morgan fingerprint density at radius 1 is 1.64 bits per heavy atom. The zero-order chi connectivity index (χ0) is 8.27. The highest BCUT2D eigenvalue weighted by atomic mass is 16.3. The molecule has 1 atom stereocenters. The van der Waals surface area contributed by atoms with Gasteiger partial charge in [-0.2, -0.15) is 0 Å². The second kappa shape index (κ2) is 3.69. The summed E-state index contributed by atoms with van der Waals surface area (Å²) in [5.41, 5.74) is 0. The Hall–Kier alpha value is -0.610. The summed E-state index contributed by atoms with van der Waals surface area (Å²) in [5, 5.41) is 19.0. The maximum atomic E-state index is 10.9.